The highest BCUT2D eigenvalue weighted by Crippen LogP contribution is 2.26. The first-order chi connectivity index (χ1) is 9.23. The molecule has 0 atom stereocenters. The van der Waals surface area contributed by atoms with Crippen molar-refractivity contribution in [3.05, 3.63) is 52.7 Å². The molecule has 1 nitrogen and oxygen atoms in total. The van der Waals surface area contributed by atoms with Gasteiger partial charge in [-0.3, -0.25) is 0 Å². The van der Waals surface area contributed by atoms with Crippen LogP contribution < -0.4 is 4.57 Å². The molecule has 88 valence electrons. The Labute approximate surface area is 108 Å². The Morgan fingerprint density at radius 2 is 1.59 bits per heavy atom. The fourth-order valence-electron chi connectivity index (χ4n) is 2.33. The van der Waals surface area contributed by atoms with E-state index in [0.29, 0.717) is 5.69 Å². The summed E-state index contributed by atoms with van der Waals surface area (Å²) in [6.45, 7) is 4.03. The fourth-order valence-corrected chi connectivity index (χ4v) is 2.33. The van der Waals surface area contributed by atoms with E-state index in [1.807, 2.05) is 26.1 Å². The van der Waals surface area contributed by atoms with E-state index in [1.165, 1.54) is 0 Å². The molecule has 0 bridgehead atoms. The Morgan fingerprint density at radius 3 is 2.18 bits per heavy atom. The van der Waals surface area contributed by atoms with Crippen molar-refractivity contribution >= 4 is 0 Å². The van der Waals surface area contributed by atoms with Crippen LogP contribution in [0.25, 0.3) is 11.3 Å². The van der Waals surface area contributed by atoms with Gasteiger partial charge in [-0.05, 0) is 38.0 Å². The largest absolute Gasteiger partial charge is 0.215 e. The molecular formula is C16H20N+. The topological polar surface area (TPSA) is 3.88 Å². The standard InChI is InChI=1S/C16H20N/c1-11-7-6-8-12(2)15(11)16-13(3)9-10-14(4)17(16)5/h6-10H,1-5H3/q+1/i4D3. The van der Waals surface area contributed by atoms with E-state index in [2.05, 4.69) is 26.0 Å². The predicted octanol–water partition coefficient (Wildman–Crippen LogP) is 3.41. The van der Waals surface area contributed by atoms with Gasteiger partial charge in [0.2, 0.25) is 5.69 Å². The third-order valence-corrected chi connectivity index (χ3v) is 3.28. The van der Waals surface area contributed by atoms with Gasteiger partial charge in [-0.1, -0.05) is 18.2 Å². The Bertz CT molecular complexity index is 637. The van der Waals surface area contributed by atoms with E-state index in [9.17, 15) is 0 Å². The van der Waals surface area contributed by atoms with Crippen LogP contribution in [0.1, 0.15) is 26.5 Å². The zero-order valence-corrected chi connectivity index (χ0v) is 10.8. The maximum atomic E-state index is 7.66. The number of hydrogen-bond acceptors (Lipinski definition) is 0. The maximum absolute atomic E-state index is 7.66. The van der Waals surface area contributed by atoms with Crippen LogP contribution >= 0.6 is 0 Å². The van der Waals surface area contributed by atoms with Crippen LogP contribution in [0.15, 0.2) is 30.3 Å². The zero-order valence-electron chi connectivity index (χ0n) is 13.8. The molecule has 0 amide bonds. The highest BCUT2D eigenvalue weighted by molar-refractivity contribution is 5.67. The number of aromatic nitrogens is 1. The Morgan fingerprint density at radius 1 is 0.941 bits per heavy atom. The van der Waals surface area contributed by atoms with Gasteiger partial charge >= 0.3 is 0 Å². The van der Waals surface area contributed by atoms with Gasteiger partial charge in [0.15, 0.2) is 5.69 Å². The molecule has 1 aromatic heterocycles. The third kappa shape index (κ3) is 1.97. The summed E-state index contributed by atoms with van der Waals surface area (Å²) in [4.78, 5) is 0. The predicted molar refractivity (Wildman–Crippen MR) is 72.0 cm³/mol. The van der Waals surface area contributed by atoms with Gasteiger partial charge in [-0.15, -0.1) is 0 Å². The van der Waals surface area contributed by atoms with Crippen molar-refractivity contribution < 1.29 is 8.68 Å². The fraction of sp³-hybridized carbons (Fsp3) is 0.312. The zero-order chi connectivity index (χ0) is 15.1. The lowest BCUT2D eigenvalue weighted by molar-refractivity contribution is -0.667. The van der Waals surface area contributed by atoms with Crippen LogP contribution in [0.2, 0.25) is 0 Å². The summed E-state index contributed by atoms with van der Waals surface area (Å²) in [5, 5.41) is 0. The second-order valence-electron chi connectivity index (χ2n) is 4.58. The van der Waals surface area contributed by atoms with E-state index < -0.39 is 6.85 Å². The number of aryl methyl sites for hydroxylation is 4. The first-order valence-electron chi connectivity index (χ1n) is 7.30. The molecule has 1 heteroatoms. The molecule has 2 rings (SSSR count). The average Bonchev–Trinajstić information content (AvgIpc) is 2.30. The van der Waals surface area contributed by atoms with Crippen molar-refractivity contribution in [1.29, 1.82) is 0 Å². The summed E-state index contributed by atoms with van der Waals surface area (Å²) in [6, 6.07) is 9.73. The van der Waals surface area contributed by atoms with Crippen molar-refractivity contribution in [3.63, 3.8) is 0 Å². The number of hydrogen-bond donors (Lipinski definition) is 0. The van der Waals surface area contributed by atoms with E-state index in [1.54, 1.807) is 10.6 Å². The first kappa shape index (κ1) is 8.46. The van der Waals surface area contributed by atoms with Gasteiger partial charge < -0.3 is 0 Å². The minimum atomic E-state index is -2.10. The molecule has 17 heavy (non-hydrogen) atoms. The maximum Gasteiger partial charge on any atom is 0.215 e. The normalized spacial score (nSPS) is 14.0. The van der Waals surface area contributed by atoms with Gasteiger partial charge in [-0.2, -0.15) is 4.57 Å². The number of nitrogens with zero attached hydrogens (tertiary/aromatic N) is 1. The minimum absolute atomic E-state index is 0.362. The lowest BCUT2D eigenvalue weighted by Gasteiger charge is -2.11. The van der Waals surface area contributed by atoms with E-state index in [0.717, 1.165) is 27.9 Å². The number of benzene rings is 1. The van der Waals surface area contributed by atoms with Crippen molar-refractivity contribution in [1.82, 2.24) is 0 Å². The molecular weight excluding hydrogens is 206 g/mol. The summed E-state index contributed by atoms with van der Waals surface area (Å²) in [6.07, 6.45) is 0. The monoisotopic (exact) mass is 229 g/mol. The Kier molecular flexibility index (Phi) is 2.15. The van der Waals surface area contributed by atoms with Gasteiger partial charge in [0.05, 0.1) is 5.56 Å². The Balaban J connectivity index is 2.81. The van der Waals surface area contributed by atoms with Gasteiger partial charge in [0.25, 0.3) is 0 Å². The average molecular weight is 229 g/mol. The molecule has 0 aliphatic rings. The van der Waals surface area contributed by atoms with E-state index >= 15 is 0 Å². The summed E-state index contributed by atoms with van der Waals surface area (Å²) in [7, 11) is 1.83. The molecule has 0 radical (unpaired) electrons. The molecule has 0 unspecified atom stereocenters. The number of pyridine rings is 1. The molecule has 0 aliphatic heterocycles. The molecule has 2 aromatic rings. The molecule has 0 fully saturated rings. The van der Waals surface area contributed by atoms with Crippen molar-refractivity contribution in [2.75, 3.05) is 0 Å². The summed E-state index contributed by atoms with van der Waals surface area (Å²) >= 11 is 0. The molecule has 1 heterocycles. The molecule has 1 aromatic carbocycles. The molecule has 0 saturated heterocycles. The van der Waals surface area contributed by atoms with Crippen molar-refractivity contribution in [2.45, 2.75) is 27.6 Å². The smallest absolute Gasteiger partial charge is 0.198 e. The van der Waals surface area contributed by atoms with Crippen LogP contribution in [0.3, 0.4) is 0 Å². The summed E-state index contributed by atoms with van der Waals surface area (Å²) in [5.41, 5.74) is 5.87. The van der Waals surface area contributed by atoms with Gasteiger partial charge in [-0.25, -0.2) is 0 Å². The van der Waals surface area contributed by atoms with Gasteiger partial charge in [0, 0.05) is 22.6 Å². The molecule has 0 aliphatic carbocycles. The van der Waals surface area contributed by atoms with Crippen molar-refractivity contribution in [3.8, 4) is 11.3 Å². The number of rotatable bonds is 1. The van der Waals surface area contributed by atoms with Crippen LogP contribution in [0.4, 0.5) is 0 Å². The lowest BCUT2D eigenvalue weighted by Crippen LogP contribution is -2.35. The summed E-state index contributed by atoms with van der Waals surface area (Å²) in [5.74, 6) is 0. The highest BCUT2D eigenvalue weighted by atomic mass is 14.9. The molecule has 0 saturated carbocycles. The SMILES string of the molecule is [2H]C([2H])([2H])c1ccc(C)c(-c2c(C)cccc2C)[n+]1C. The third-order valence-electron chi connectivity index (χ3n) is 3.28. The van der Waals surface area contributed by atoms with Crippen LogP contribution in [0.5, 0.6) is 0 Å². The first-order valence-corrected chi connectivity index (χ1v) is 5.80. The van der Waals surface area contributed by atoms with E-state index in [4.69, 9.17) is 4.11 Å². The highest BCUT2D eigenvalue weighted by Gasteiger charge is 2.18. The molecule has 0 spiro atoms. The molecule has 0 N–H and O–H groups in total. The van der Waals surface area contributed by atoms with Crippen LogP contribution in [-0.2, 0) is 7.05 Å². The van der Waals surface area contributed by atoms with Crippen LogP contribution in [0, 0.1) is 27.6 Å². The van der Waals surface area contributed by atoms with Crippen LogP contribution in [-0.4, -0.2) is 0 Å². The Hall–Kier alpha value is -1.63. The second-order valence-corrected chi connectivity index (χ2v) is 4.58. The van der Waals surface area contributed by atoms with Crippen molar-refractivity contribution in [2.24, 2.45) is 7.05 Å². The minimum Gasteiger partial charge on any atom is -0.198 e. The summed E-state index contributed by atoms with van der Waals surface area (Å²) < 4.78 is 24.8. The lowest BCUT2D eigenvalue weighted by atomic mass is 9.96. The van der Waals surface area contributed by atoms with Gasteiger partial charge in [0.1, 0.15) is 7.05 Å². The second kappa shape index (κ2) is 4.33. The quantitative estimate of drug-likeness (QED) is 0.660. The van der Waals surface area contributed by atoms with E-state index in [-0.39, 0.29) is 0 Å².